The van der Waals surface area contributed by atoms with Crippen molar-refractivity contribution in [1.82, 2.24) is 20.0 Å². The van der Waals surface area contributed by atoms with E-state index >= 15 is 0 Å². The number of hydrogen-bond donors (Lipinski definition) is 1. The summed E-state index contributed by atoms with van der Waals surface area (Å²) < 4.78 is 5.90. The van der Waals surface area contributed by atoms with Gasteiger partial charge in [0, 0.05) is 59.4 Å². The highest BCUT2D eigenvalue weighted by molar-refractivity contribution is 14.0. The maximum absolute atomic E-state index is 5.90. The van der Waals surface area contributed by atoms with Crippen LogP contribution < -0.4 is 10.1 Å². The number of nitrogens with one attached hydrogen (secondary N) is 1. The number of piperazine rings is 3. The van der Waals surface area contributed by atoms with Gasteiger partial charge in [-0.1, -0.05) is 18.2 Å². The van der Waals surface area contributed by atoms with Crippen LogP contribution in [0.2, 0.25) is 0 Å². The van der Waals surface area contributed by atoms with Gasteiger partial charge < -0.3 is 15.0 Å². The van der Waals surface area contributed by atoms with Gasteiger partial charge in [0.2, 0.25) is 0 Å². The van der Waals surface area contributed by atoms with Crippen molar-refractivity contribution in [2.45, 2.75) is 13.0 Å². The SMILES string of the molecule is CN=C(NCC1CN2CCN1CC2)N(C)CCOc1ccccc1C.I. The minimum absolute atomic E-state index is 0. The van der Waals surface area contributed by atoms with E-state index in [2.05, 4.69) is 45.0 Å². The van der Waals surface area contributed by atoms with Gasteiger partial charge in [-0.15, -0.1) is 24.0 Å². The Balaban J connectivity index is 0.00000243. The zero-order valence-corrected chi connectivity index (χ0v) is 18.5. The normalized spacial score (nSPS) is 24.7. The highest BCUT2D eigenvalue weighted by atomic mass is 127. The number of aryl methyl sites for hydroxylation is 1. The van der Waals surface area contributed by atoms with Crippen LogP contribution in [0.15, 0.2) is 29.3 Å². The molecule has 4 rings (SSSR count). The van der Waals surface area contributed by atoms with Crippen molar-refractivity contribution in [2.24, 2.45) is 4.99 Å². The van der Waals surface area contributed by atoms with E-state index < -0.39 is 0 Å². The second-order valence-electron chi connectivity index (χ2n) is 6.95. The molecule has 26 heavy (non-hydrogen) atoms. The average molecular weight is 473 g/mol. The van der Waals surface area contributed by atoms with Crippen molar-refractivity contribution < 1.29 is 4.74 Å². The summed E-state index contributed by atoms with van der Waals surface area (Å²) in [6.07, 6.45) is 0. The van der Waals surface area contributed by atoms with Gasteiger partial charge in [-0.2, -0.15) is 0 Å². The van der Waals surface area contributed by atoms with Crippen LogP contribution in [0.3, 0.4) is 0 Å². The van der Waals surface area contributed by atoms with Gasteiger partial charge in [0.1, 0.15) is 12.4 Å². The number of halogens is 1. The molecule has 0 radical (unpaired) electrons. The van der Waals surface area contributed by atoms with Crippen molar-refractivity contribution in [3.05, 3.63) is 29.8 Å². The summed E-state index contributed by atoms with van der Waals surface area (Å²) in [4.78, 5) is 11.7. The highest BCUT2D eigenvalue weighted by Gasteiger charge is 2.31. The standard InChI is InChI=1S/C19H31N5O.HI/c1-16-6-4-5-7-18(16)25-13-12-22(3)19(20-2)21-14-17-15-23-8-10-24(17)11-9-23;/h4-7,17H,8-15H2,1-3H3,(H,20,21);1H. The lowest BCUT2D eigenvalue weighted by molar-refractivity contribution is 0.0152. The number of guanidine groups is 1. The van der Waals surface area contributed by atoms with E-state index in [-0.39, 0.29) is 24.0 Å². The van der Waals surface area contributed by atoms with Crippen molar-refractivity contribution in [3.8, 4) is 5.75 Å². The molecule has 0 spiro atoms. The van der Waals surface area contributed by atoms with Crippen molar-refractivity contribution in [2.75, 3.05) is 66.5 Å². The molecule has 1 atom stereocenters. The fourth-order valence-corrected chi connectivity index (χ4v) is 3.63. The molecule has 6 nitrogen and oxygen atoms in total. The maximum atomic E-state index is 5.90. The topological polar surface area (TPSA) is 43.3 Å². The Hall–Kier alpha value is -1.06. The number of benzene rings is 1. The number of rotatable bonds is 6. The fraction of sp³-hybridized carbons (Fsp3) is 0.632. The molecule has 3 saturated heterocycles. The number of aliphatic imine (C=N–C) groups is 1. The van der Waals surface area contributed by atoms with Crippen LogP contribution >= 0.6 is 24.0 Å². The van der Waals surface area contributed by atoms with Gasteiger partial charge in [0.15, 0.2) is 5.96 Å². The Morgan fingerprint density at radius 1 is 1.27 bits per heavy atom. The summed E-state index contributed by atoms with van der Waals surface area (Å²) in [5, 5.41) is 3.54. The number of hydrogen-bond acceptors (Lipinski definition) is 4. The quantitative estimate of drug-likeness (QED) is 0.386. The van der Waals surface area contributed by atoms with E-state index in [1.807, 2.05) is 25.2 Å². The Bertz CT molecular complexity index is 589. The molecule has 1 unspecified atom stereocenters. The van der Waals surface area contributed by atoms with Crippen LogP contribution in [0.1, 0.15) is 5.56 Å². The monoisotopic (exact) mass is 473 g/mol. The predicted molar refractivity (Wildman–Crippen MR) is 118 cm³/mol. The van der Waals surface area contributed by atoms with E-state index in [0.717, 1.165) is 24.8 Å². The third-order valence-corrected chi connectivity index (χ3v) is 5.24. The van der Waals surface area contributed by atoms with E-state index in [9.17, 15) is 0 Å². The van der Waals surface area contributed by atoms with E-state index in [1.54, 1.807) is 0 Å². The molecule has 1 aromatic carbocycles. The first kappa shape index (κ1) is 21.2. The first-order valence-electron chi connectivity index (χ1n) is 9.24. The molecule has 3 heterocycles. The van der Waals surface area contributed by atoms with Gasteiger partial charge in [0.05, 0.1) is 6.54 Å². The lowest BCUT2D eigenvalue weighted by Gasteiger charge is -2.47. The van der Waals surface area contributed by atoms with E-state index in [4.69, 9.17) is 4.74 Å². The van der Waals surface area contributed by atoms with Crippen molar-refractivity contribution in [3.63, 3.8) is 0 Å². The molecule has 3 fully saturated rings. The summed E-state index contributed by atoms with van der Waals surface area (Å²) in [5.74, 6) is 1.89. The Morgan fingerprint density at radius 2 is 2.00 bits per heavy atom. The molecular weight excluding hydrogens is 441 g/mol. The molecule has 3 aliphatic heterocycles. The first-order chi connectivity index (χ1) is 12.2. The largest absolute Gasteiger partial charge is 0.491 e. The zero-order valence-electron chi connectivity index (χ0n) is 16.1. The summed E-state index contributed by atoms with van der Waals surface area (Å²) >= 11 is 0. The molecule has 2 bridgehead atoms. The summed E-state index contributed by atoms with van der Waals surface area (Å²) in [7, 11) is 3.91. The molecule has 0 amide bonds. The molecule has 0 saturated carbocycles. The van der Waals surface area contributed by atoms with Crippen LogP contribution in [0.4, 0.5) is 0 Å². The number of para-hydroxylation sites is 1. The number of fused-ring (bicyclic) bond motifs is 3. The summed E-state index contributed by atoms with van der Waals surface area (Å²) in [6.45, 7) is 10.5. The molecule has 1 N–H and O–H groups in total. The minimum Gasteiger partial charge on any atom is -0.491 e. The molecule has 3 aliphatic rings. The maximum Gasteiger partial charge on any atom is 0.193 e. The Kier molecular flexibility index (Phi) is 8.43. The summed E-state index contributed by atoms with van der Waals surface area (Å²) in [5.41, 5.74) is 1.17. The number of ether oxygens (including phenoxy) is 1. The predicted octanol–water partition coefficient (Wildman–Crippen LogP) is 1.50. The van der Waals surface area contributed by atoms with Gasteiger partial charge in [-0.25, -0.2) is 0 Å². The molecule has 7 heteroatoms. The lowest BCUT2D eigenvalue weighted by Crippen LogP contribution is -2.63. The second kappa shape index (κ2) is 10.3. The van der Waals surface area contributed by atoms with Gasteiger partial charge in [-0.3, -0.25) is 14.8 Å². The Labute approximate surface area is 174 Å². The van der Waals surface area contributed by atoms with Crippen LogP contribution in [0, 0.1) is 6.92 Å². The average Bonchev–Trinajstić information content (AvgIpc) is 2.65. The first-order valence-corrected chi connectivity index (χ1v) is 9.24. The smallest absolute Gasteiger partial charge is 0.193 e. The zero-order chi connectivity index (χ0) is 17.6. The molecule has 146 valence electrons. The van der Waals surface area contributed by atoms with Gasteiger partial charge in [-0.05, 0) is 18.6 Å². The third-order valence-electron chi connectivity index (χ3n) is 5.24. The number of likely N-dealkylation sites (N-methyl/N-ethyl adjacent to an activating group) is 1. The van der Waals surface area contributed by atoms with Gasteiger partial charge in [0.25, 0.3) is 0 Å². The van der Waals surface area contributed by atoms with E-state index in [0.29, 0.717) is 12.6 Å². The molecule has 0 aromatic heterocycles. The molecular formula is C19H32IN5O. The number of nitrogens with zero attached hydrogens (tertiary/aromatic N) is 4. The van der Waals surface area contributed by atoms with Crippen molar-refractivity contribution in [1.29, 1.82) is 0 Å². The van der Waals surface area contributed by atoms with Crippen LogP contribution in [-0.2, 0) is 0 Å². The summed E-state index contributed by atoms with van der Waals surface area (Å²) in [6, 6.07) is 8.73. The molecule has 0 aliphatic carbocycles. The lowest BCUT2D eigenvalue weighted by atomic mass is 10.1. The highest BCUT2D eigenvalue weighted by Crippen LogP contribution is 2.16. The Morgan fingerprint density at radius 3 is 2.62 bits per heavy atom. The van der Waals surface area contributed by atoms with Crippen LogP contribution in [-0.4, -0.2) is 93.2 Å². The third kappa shape index (κ3) is 5.47. The van der Waals surface area contributed by atoms with E-state index in [1.165, 1.54) is 38.3 Å². The minimum atomic E-state index is 0. The second-order valence-corrected chi connectivity index (χ2v) is 6.95. The van der Waals surface area contributed by atoms with Crippen molar-refractivity contribution >= 4 is 29.9 Å². The van der Waals surface area contributed by atoms with Gasteiger partial charge >= 0.3 is 0 Å². The van der Waals surface area contributed by atoms with Crippen LogP contribution in [0.25, 0.3) is 0 Å². The van der Waals surface area contributed by atoms with Crippen LogP contribution in [0.5, 0.6) is 5.75 Å². The fourth-order valence-electron chi connectivity index (χ4n) is 3.63. The molecule has 1 aromatic rings.